The third-order valence-electron chi connectivity index (χ3n) is 2.03. The van der Waals surface area contributed by atoms with E-state index in [0.717, 1.165) is 17.0 Å². The van der Waals surface area contributed by atoms with E-state index in [1.165, 1.54) is 6.33 Å². The molecule has 74 valence electrons. The first kappa shape index (κ1) is 9.14. The van der Waals surface area contributed by atoms with E-state index >= 15 is 0 Å². The van der Waals surface area contributed by atoms with Crippen LogP contribution in [0.4, 0.5) is 0 Å². The smallest absolute Gasteiger partial charge is 0.228 e. The Morgan fingerprint density at radius 1 is 1.64 bits per heavy atom. The maximum atomic E-state index is 5.11. The molecule has 0 saturated heterocycles. The number of rotatable bonds is 3. The minimum Gasteiger partial charge on any atom is -0.340 e. The molecule has 0 aliphatic carbocycles. The molecule has 2 aromatic rings. The fourth-order valence-corrected chi connectivity index (χ4v) is 1.57. The summed E-state index contributed by atoms with van der Waals surface area (Å²) >= 11 is 5.11. The van der Waals surface area contributed by atoms with Crippen LogP contribution in [0.3, 0.4) is 0 Å². The van der Waals surface area contributed by atoms with Gasteiger partial charge in [-0.25, -0.2) is 0 Å². The molecule has 0 aromatic carbocycles. The van der Waals surface area contributed by atoms with Crippen LogP contribution in [0.1, 0.15) is 11.6 Å². The molecule has 0 saturated carbocycles. The molecule has 0 unspecified atom stereocenters. The van der Waals surface area contributed by atoms with E-state index in [-0.39, 0.29) is 0 Å². The maximum absolute atomic E-state index is 5.11. The van der Waals surface area contributed by atoms with E-state index in [0.29, 0.717) is 12.3 Å². The Bertz CT molecular complexity index is 456. The van der Waals surface area contributed by atoms with Crippen LogP contribution in [0, 0.1) is 11.7 Å². The minimum absolute atomic E-state index is 0.632. The van der Waals surface area contributed by atoms with Crippen LogP contribution in [0.25, 0.3) is 0 Å². The third kappa shape index (κ3) is 1.74. The molecule has 1 N–H and O–H groups in total. The lowest BCUT2D eigenvalue weighted by Gasteiger charge is -2.01. The summed E-state index contributed by atoms with van der Waals surface area (Å²) in [6.45, 7) is 2.76. The highest BCUT2D eigenvalue weighted by Gasteiger charge is 2.02. The summed E-state index contributed by atoms with van der Waals surface area (Å²) in [6, 6.07) is 0. The van der Waals surface area contributed by atoms with Crippen molar-refractivity contribution in [3.05, 3.63) is 28.9 Å². The number of aryl methyl sites for hydroxylation is 2. The van der Waals surface area contributed by atoms with Gasteiger partial charge >= 0.3 is 0 Å². The molecule has 0 radical (unpaired) electrons. The number of nitrogens with one attached hydrogen (secondary N) is 1. The molecule has 5 nitrogen and oxygen atoms in total. The summed E-state index contributed by atoms with van der Waals surface area (Å²) in [7, 11) is 0. The van der Waals surface area contributed by atoms with Gasteiger partial charge in [-0.3, -0.25) is 0 Å². The van der Waals surface area contributed by atoms with E-state index < -0.39 is 0 Å². The van der Waals surface area contributed by atoms with E-state index in [2.05, 4.69) is 15.1 Å². The van der Waals surface area contributed by atoms with E-state index in [1.807, 2.05) is 17.7 Å². The highest BCUT2D eigenvalue weighted by Crippen LogP contribution is 2.02. The summed E-state index contributed by atoms with van der Waals surface area (Å²) in [6.07, 6.45) is 3.99. The molecule has 0 atom stereocenters. The molecule has 0 bridgehead atoms. The van der Waals surface area contributed by atoms with Crippen LogP contribution >= 0.6 is 12.2 Å². The summed E-state index contributed by atoms with van der Waals surface area (Å²) in [5, 5.41) is 3.54. The van der Waals surface area contributed by atoms with Crippen LogP contribution in [0.15, 0.2) is 17.0 Å². The summed E-state index contributed by atoms with van der Waals surface area (Å²) < 4.78 is 7.62. The molecule has 0 aliphatic heterocycles. The first-order valence-corrected chi connectivity index (χ1v) is 4.68. The molecule has 6 heteroatoms. The molecule has 0 spiro atoms. The van der Waals surface area contributed by atoms with Gasteiger partial charge in [0.1, 0.15) is 0 Å². The second kappa shape index (κ2) is 3.75. The van der Waals surface area contributed by atoms with Gasteiger partial charge in [-0.2, -0.15) is 4.98 Å². The standard InChI is InChI=1S/C8H10N4OS/c1-6-4-9-8(14)12(6)3-2-7-10-5-11-13-7/h4-5H,2-3H2,1H3,(H,9,14). The molecule has 0 amide bonds. The first-order chi connectivity index (χ1) is 6.77. The molecule has 2 heterocycles. The number of hydrogen-bond donors (Lipinski definition) is 1. The van der Waals surface area contributed by atoms with Crippen molar-refractivity contribution in [1.29, 1.82) is 0 Å². The van der Waals surface area contributed by atoms with Gasteiger partial charge < -0.3 is 14.1 Å². The predicted molar refractivity (Wildman–Crippen MR) is 52.4 cm³/mol. The van der Waals surface area contributed by atoms with Crippen molar-refractivity contribution in [2.45, 2.75) is 19.9 Å². The minimum atomic E-state index is 0.632. The number of imidazole rings is 1. The predicted octanol–water partition coefficient (Wildman–Crippen LogP) is 1.48. The number of nitrogens with zero attached hydrogens (tertiary/aromatic N) is 3. The Labute approximate surface area is 85.8 Å². The van der Waals surface area contributed by atoms with Crippen molar-refractivity contribution < 1.29 is 4.52 Å². The number of aromatic nitrogens is 4. The lowest BCUT2D eigenvalue weighted by molar-refractivity contribution is 0.370. The van der Waals surface area contributed by atoms with Gasteiger partial charge in [-0.15, -0.1) is 0 Å². The monoisotopic (exact) mass is 210 g/mol. The Kier molecular flexibility index (Phi) is 2.45. The first-order valence-electron chi connectivity index (χ1n) is 4.28. The normalized spacial score (nSPS) is 10.6. The lowest BCUT2D eigenvalue weighted by atomic mass is 10.4. The number of aromatic amines is 1. The molecule has 0 fully saturated rings. The molecule has 2 aromatic heterocycles. The second-order valence-electron chi connectivity index (χ2n) is 2.97. The third-order valence-corrected chi connectivity index (χ3v) is 2.37. The maximum Gasteiger partial charge on any atom is 0.228 e. The van der Waals surface area contributed by atoms with Gasteiger partial charge in [0, 0.05) is 24.9 Å². The van der Waals surface area contributed by atoms with Crippen LogP contribution < -0.4 is 0 Å². The molecular formula is C8H10N4OS. The van der Waals surface area contributed by atoms with Crippen molar-refractivity contribution in [3.8, 4) is 0 Å². The topological polar surface area (TPSA) is 59.6 Å². The van der Waals surface area contributed by atoms with Crippen LogP contribution in [-0.2, 0) is 13.0 Å². The van der Waals surface area contributed by atoms with E-state index in [9.17, 15) is 0 Å². The zero-order valence-electron chi connectivity index (χ0n) is 7.73. The highest BCUT2D eigenvalue weighted by atomic mass is 32.1. The van der Waals surface area contributed by atoms with Crippen molar-refractivity contribution in [2.24, 2.45) is 0 Å². The summed E-state index contributed by atoms with van der Waals surface area (Å²) in [4.78, 5) is 6.92. The Hall–Kier alpha value is -1.43. The van der Waals surface area contributed by atoms with Crippen LogP contribution in [0.5, 0.6) is 0 Å². The van der Waals surface area contributed by atoms with Gasteiger partial charge in [0.05, 0.1) is 0 Å². The van der Waals surface area contributed by atoms with Gasteiger partial charge in [0.25, 0.3) is 0 Å². The van der Waals surface area contributed by atoms with Crippen molar-refractivity contribution in [1.82, 2.24) is 19.7 Å². The zero-order chi connectivity index (χ0) is 9.97. The summed E-state index contributed by atoms with van der Waals surface area (Å²) in [5.74, 6) is 0.632. The van der Waals surface area contributed by atoms with Crippen molar-refractivity contribution >= 4 is 12.2 Å². The average Bonchev–Trinajstić information content (AvgIpc) is 2.76. The summed E-state index contributed by atoms with van der Waals surface area (Å²) in [5.41, 5.74) is 1.11. The van der Waals surface area contributed by atoms with Gasteiger partial charge in [-0.1, -0.05) is 5.16 Å². The largest absolute Gasteiger partial charge is 0.340 e. The second-order valence-corrected chi connectivity index (χ2v) is 3.36. The molecule has 2 rings (SSSR count). The fraction of sp³-hybridized carbons (Fsp3) is 0.375. The highest BCUT2D eigenvalue weighted by molar-refractivity contribution is 7.71. The average molecular weight is 210 g/mol. The van der Waals surface area contributed by atoms with Crippen LogP contribution in [0.2, 0.25) is 0 Å². The van der Waals surface area contributed by atoms with Gasteiger partial charge in [0.15, 0.2) is 11.1 Å². The molecular weight excluding hydrogens is 200 g/mol. The van der Waals surface area contributed by atoms with Crippen molar-refractivity contribution in [2.75, 3.05) is 0 Å². The van der Waals surface area contributed by atoms with Gasteiger partial charge in [-0.05, 0) is 19.1 Å². The zero-order valence-corrected chi connectivity index (χ0v) is 8.54. The number of hydrogen-bond acceptors (Lipinski definition) is 4. The van der Waals surface area contributed by atoms with Gasteiger partial charge in [0.2, 0.25) is 5.89 Å². The Morgan fingerprint density at radius 2 is 2.50 bits per heavy atom. The van der Waals surface area contributed by atoms with E-state index in [1.54, 1.807) is 0 Å². The quantitative estimate of drug-likeness (QED) is 0.779. The Morgan fingerprint density at radius 3 is 3.07 bits per heavy atom. The lowest BCUT2D eigenvalue weighted by Crippen LogP contribution is -2.03. The van der Waals surface area contributed by atoms with Crippen molar-refractivity contribution in [3.63, 3.8) is 0 Å². The Balaban J connectivity index is 2.09. The fourth-order valence-electron chi connectivity index (χ4n) is 1.27. The van der Waals surface area contributed by atoms with Crippen LogP contribution in [-0.4, -0.2) is 19.7 Å². The molecule has 0 aliphatic rings. The SMILES string of the molecule is Cc1c[nH]c(=S)n1CCc1ncno1. The molecule has 14 heavy (non-hydrogen) atoms. The van der Waals surface area contributed by atoms with E-state index in [4.69, 9.17) is 16.7 Å². The number of H-pyrrole nitrogens is 1.